The molecule has 7 nitrogen and oxygen atoms in total. The van der Waals surface area contributed by atoms with E-state index in [9.17, 15) is 18.0 Å². The molecule has 1 aliphatic carbocycles. The van der Waals surface area contributed by atoms with Gasteiger partial charge in [0.15, 0.2) is 17.0 Å². The molecule has 3 heterocycles. The molecule has 3 aromatic rings. The van der Waals surface area contributed by atoms with E-state index in [0.29, 0.717) is 37.4 Å². The molecule has 10 heteroatoms. The van der Waals surface area contributed by atoms with Crippen LogP contribution >= 0.6 is 0 Å². The number of fused-ring (bicyclic) bond motifs is 4. The van der Waals surface area contributed by atoms with E-state index in [1.165, 1.54) is 6.07 Å². The fourth-order valence-corrected chi connectivity index (χ4v) is 4.55. The minimum atomic E-state index is -4.63. The third-order valence-electron chi connectivity index (χ3n) is 6.16. The number of nitrogens with one attached hydrogen (secondary N) is 1. The lowest BCUT2D eigenvalue weighted by atomic mass is 9.88. The predicted octanol–water partition coefficient (Wildman–Crippen LogP) is 2.97. The van der Waals surface area contributed by atoms with Gasteiger partial charge in [0.25, 0.3) is 5.91 Å². The van der Waals surface area contributed by atoms with Crippen LogP contribution in [0, 0.1) is 0 Å². The van der Waals surface area contributed by atoms with Crippen molar-refractivity contribution in [3.63, 3.8) is 0 Å². The van der Waals surface area contributed by atoms with E-state index in [4.69, 9.17) is 4.74 Å². The summed E-state index contributed by atoms with van der Waals surface area (Å²) >= 11 is 0. The Bertz CT molecular complexity index is 1180. The minimum Gasteiger partial charge on any atom is -0.379 e. The first-order chi connectivity index (χ1) is 15.9. The lowest BCUT2D eigenvalue weighted by molar-refractivity contribution is -0.143. The first kappa shape index (κ1) is 21.8. The van der Waals surface area contributed by atoms with Crippen LogP contribution in [0.2, 0.25) is 0 Å². The Balaban J connectivity index is 1.41. The molecule has 33 heavy (non-hydrogen) atoms. The lowest BCUT2D eigenvalue weighted by Gasteiger charge is -2.26. The maximum atomic E-state index is 14.1. The Kier molecular flexibility index (Phi) is 5.79. The largest absolute Gasteiger partial charge is 0.433 e. The summed E-state index contributed by atoms with van der Waals surface area (Å²) in [5.74, 6) is -0.506. The molecule has 1 saturated heterocycles. The van der Waals surface area contributed by atoms with Crippen molar-refractivity contribution in [2.75, 3.05) is 39.4 Å². The Morgan fingerprint density at radius 3 is 2.73 bits per heavy atom. The van der Waals surface area contributed by atoms with Crippen molar-refractivity contribution in [2.45, 2.75) is 25.4 Å². The minimum absolute atomic E-state index is 0.0104. The van der Waals surface area contributed by atoms with Gasteiger partial charge >= 0.3 is 6.18 Å². The average Bonchev–Trinajstić information content (AvgIpc) is 3.23. The van der Waals surface area contributed by atoms with E-state index < -0.39 is 17.8 Å². The summed E-state index contributed by atoms with van der Waals surface area (Å²) in [7, 11) is 0. The van der Waals surface area contributed by atoms with Crippen molar-refractivity contribution in [1.82, 2.24) is 24.8 Å². The number of aryl methyl sites for hydroxylation is 1. The third kappa shape index (κ3) is 4.32. The van der Waals surface area contributed by atoms with Crippen LogP contribution in [0.5, 0.6) is 0 Å². The Labute approximate surface area is 188 Å². The quantitative estimate of drug-likeness (QED) is 0.594. The van der Waals surface area contributed by atoms with E-state index in [1.807, 2.05) is 12.1 Å². The monoisotopic (exact) mass is 459 g/mol. The lowest BCUT2D eigenvalue weighted by Crippen LogP contribution is -2.38. The molecule has 0 radical (unpaired) electrons. The van der Waals surface area contributed by atoms with Crippen LogP contribution < -0.4 is 5.32 Å². The van der Waals surface area contributed by atoms with Crippen molar-refractivity contribution in [3.05, 3.63) is 52.8 Å². The van der Waals surface area contributed by atoms with Crippen molar-refractivity contribution < 1.29 is 22.7 Å². The maximum Gasteiger partial charge on any atom is 0.433 e. The van der Waals surface area contributed by atoms with Gasteiger partial charge in [-0.3, -0.25) is 9.69 Å². The van der Waals surface area contributed by atoms with Gasteiger partial charge in [0, 0.05) is 36.8 Å². The molecule has 0 spiro atoms. The van der Waals surface area contributed by atoms with Gasteiger partial charge in [-0.1, -0.05) is 24.3 Å². The van der Waals surface area contributed by atoms with Gasteiger partial charge in [-0.05, 0) is 31.4 Å². The summed E-state index contributed by atoms with van der Waals surface area (Å²) in [5, 5.41) is 6.77. The molecule has 174 valence electrons. The number of ether oxygens (including phenoxy) is 1. The molecule has 0 bridgehead atoms. The molecule has 2 aliphatic rings. The molecule has 1 fully saturated rings. The molecule has 0 saturated carbocycles. The zero-order valence-corrected chi connectivity index (χ0v) is 18.0. The number of benzene rings is 1. The summed E-state index contributed by atoms with van der Waals surface area (Å²) in [4.78, 5) is 19.4. The Morgan fingerprint density at radius 1 is 1.15 bits per heavy atom. The van der Waals surface area contributed by atoms with Gasteiger partial charge in [-0.2, -0.15) is 18.3 Å². The number of rotatable bonds is 5. The SMILES string of the molecule is O=C(NCCCN1CCOCC1)c1cc2nc3c(c(C(F)(F)F)n2n1)CCc1ccccc1-3. The summed E-state index contributed by atoms with van der Waals surface area (Å²) < 4.78 is 48.4. The topological polar surface area (TPSA) is 71.8 Å². The fraction of sp³-hybridized carbons (Fsp3) is 0.435. The number of morpholine rings is 1. The van der Waals surface area contributed by atoms with Gasteiger partial charge in [-0.15, -0.1) is 0 Å². The second-order valence-corrected chi connectivity index (χ2v) is 8.31. The summed E-state index contributed by atoms with van der Waals surface area (Å²) in [6.07, 6.45) is -3.18. The van der Waals surface area contributed by atoms with Crippen molar-refractivity contribution >= 4 is 11.6 Å². The standard InChI is InChI=1S/C23H24F3N5O2/c24-23(25,26)21-17-7-6-15-4-1-2-5-16(15)20(17)28-19-14-18(29-31(19)21)22(32)27-8-3-9-30-10-12-33-13-11-30/h1-2,4-5,14H,3,6-13H2,(H,27,32). The highest BCUT2D eigenvalue weighted by Gasteiger charge is 2.40. The number of carbonyl (C=O) groups excluding carboxylic acids is 1. The van der Waals surface area contributed by atoms with Crippen molar-refractivity contribution in [1.29, 1.82) is 0 Å². The molecule has 0 atom stereocenters. The number of amides is 1. The van der Waals surface area contributed by atoms with Gasteiger partial charge in [0.1, 0.15) is 0 Å². The maximum absolute atomic E-state index is 14.1. The predicted molar refractivity (Wildman–Crippen MR) is 115 cm³/mol. The van der Waals surface area contributed by atoms with E-state index in [-0.39, 0.29) is 23.3 Å². The molecular weight excluding hydrogens is 435 g/mol. The molecular formula is C23H24F3N5O2. The molecule has 5 rings (SSSR count). The highest BCUT2D eigenvalue weighted by Crippen LogP contribution is 2.40. The van der Waals surface area contributed by atoms with Gasteiger partial charge < -0.3 is 10.1 Å². The first-order valence-electron chi connectivity index (χ1n) is 11.1. The number of halogens is 3. The molecule has 1 amide bonds. The van der Waals surface area contributed by atoms with Crippen LogP contribution in [0.1, 0.15) is 33.7 Å². The molecule has 0 unspecified atom stereocenters. The number of hydrogen-bond donors (Lipinski definition) is 1. The van der Waals surface area contributed by atoms with Gasteiger partial charge in [0.2, 0.25) is 0 Å². The Morgan fingerprint density at radius 2 is 1.94 bits per heavy atom. The fourth-order valence-electron chi connectivity index (χ4n) is 4.55. The molecule has 2 aromatic heterocycles. The number of alkyl halides is 3. The van der Waals surface area contributed by atoms with E-state index in [0.717, 1.165) is 36.1 Å². The van der Waals surface area contributed by atoms with Gasteiger partial charge in [-0.25, -0.2) is 9.50 Å². The molecule has 1 N–H and O–H groups in total. The number of aromatic nitrogens is 3. The van der Waals surface area contributed by atoms with Crippen LogP contribution in [0.3, 0.4) is 0 Å². The second kappa shape index (κ2) is 8.75. The summed E-state index contributed by atoms with van der Waals surface area (Å²) in [5.41, 5.74) is 1.17. The second-order valence-electron chi connectivity index (χ2n) is 8.31. The van der Waals surface area contributed by atoms with E-state index in [2.05, 4.69) is 20.3 Å². The normalized spacial score (nSPS) is 16.5. The Hall–Kier alpha value is -2.98. The van der Waals surface area contributed by atoms with Crippen LogP contribution in [0.15, 0.2) is 30.3 Å². The van der Waals surface area contributed by atoms with Gasteiger partial charge in [0.05, 0.1) is 18.9 Å². The molecule has 1 aromatic carbocycles. The first-order valence-corrected chi connectivity index (χ1v) is 11.1. The van der Waals surface area contributed by atoms with E-state index in [1.54, 1.807) is 12.1 Å². The van der Waals surface area contributed by atoms with Crippen LogP contribution in [0.4, 0.5) is 13.2 Å². The van der Waals surface area contributed by atoms with Crippen LogP contribution in [0.25, 0.3) is 16.9 Å². The summed E-state index contributed by atoms with van der Waals surface area (Å²) in [6, 6.07) is 8.68. The van der Waals surface area contributed by atoms with Crippen LogP contribution in [-0.2, 0) is 23.8 Å². The average molecular weight is 459 g/mol. The molecule has 1 aliphatic heterocycles. The zero-order chi connectivity index (χ0) is 23.0. The number of carbonyl (C=O) groups is 1. The third-order valence-corrected chi connectivity index (χ3v) is 6.16. The van der Waals surface area contributed by atoms with Crippen molar-refractivity contribution in [3.8, 4) is 11.3 Å². The van der Waals surface area contributed by atoms with Crippen LogP contribution in [-0.4, -0.2) is 64.8 Å². The van der Waals surface area contributed by atoms with Crippen molar-refractivity contribution in [2.24, 2.45) is 0 Å². The number of hydrogen-bond acceptors (Lipinski definition) is 5. The zero-order valence-electron chi connectivity index (χ0n) is 18.0. The highest BCUT2D eigenvalue weighted by atomic mass is 19.4. The van der Waals surface area contributed by atoms with E-state index >= 15 is 0 Å². The summed E-state index contributed by atoms with van der Waals surface area (Å²) in [6.45, 7) is 4.36. The smallest absolute Gasteiger partial charge is 0.379 e. The highest BCUT2D eigenvalue weighted by molar-refractivity contribution is 5.93. The number of nitrogens with zero attached hydrogens (tertiary/aromatic N) is 4.